The van der Waals surface area contributed by atoms with Crippen LogP contribution in [0.5, 0.6) is 0 Å². The molecular formula is C17H23N3O. The average molecular weight is 285 g/mol. The average Bonchev–Trinajstić information content (AvgIpc) is 2.76. The van der Waals surface area contributed by atoms with Crippen LogP contribution in [0.15, 0.2) is 30.3 Å². The van der Waals surface area contributed by atoms with Gasteiger partial charge in [-0.05, 0) is 32.4 Å². The van der Waals surface area contributed by atoms with Crippen molar-refractivity contribution in [1.29, 1.82) is 0 Å². The topological polar surface area (TPSA) is 38.1 Å². The van der Waals surface area contributed by atoms with Crippen LogP contribution in [0.1, 0.15) is 36.7 Å². The van der Waals surface area contributed by atoms with Gasteiger partial charge in [0.1, 0.15) is 0 Å². The van der Waals surface area contributed by atoms with Gasteiger partial charge in [0.05, 0.1) is 11.4 Å². The van der Waals surface area contributed by atoms with Gasteiger partial charge in [-0.15, -0.1) is 0 Å². The second kappa shape index (κ2) is 6.57. The molecular weight excluding hydrogens is 262 g/mol. The highest BCUT2D eigenvalue weighted by Crippen LogP contribution is 2.19. The lowest BCUT2D eigenvalue weighted by Crippen LogP contribution is -2.26. The molecule has 0 bridgehead atoms. The van der Waals surface area contributed by atoms with Crippen molar-refractivity contribution in [1.82, 2.24) is 14.7 Å². The summed E-state index contributed by atoms with van der Waals surface area (Å²) in [5.41, 5.74) is 4.25. The summed E-state index contributed by atoms with van der Waals surface area (Å²) in [6.45, 7) is 6.69. The molecule has 4 heteroatoms. The van der Waals surface area contributed by atoms with Gasteiger partial charge < -0.3 is 4.90 Å². The van der Waals surface area contributed by atoms with Crippen LogP contribution < -0.4 is 0 Å². The predicted octanol–water partition coefficient (Wildman–Crippen LogP) is 3.25. The molecule has 21 heavy (non-hydrogen) atoms. The van der Waals surface area contributed by atoms with Crippen LogP contribution in [-0.4, -0.2) is 27.6 Å². The predicted molar refractivity (Wildman–Crippen MR) is 84.4 cm³/mol. The third-order valence-electron chi connectivity index (χ3n) is 3.73. The van der Waals surface area contributed by atoms with Crippen molar-refractivity contribution in [2.45, 2.75) is 40.2 Å². The van der Waals surface area contributed by atoms with Gasteiger partial charge in [0.2, 0.25) is 5.91 Å². The van der Waals surface area contributed by atoms with Crippen LogP contribution >= 0.6 is 0 Å². The van der Waals surface area contributed by atoms with Crippen LogP contribution in [-0.2, 0) is 11.3 Å². The molecule has 112 valence electrons. The van der Waals surface area contributed by atoms with Crippen molar-refractivity contribution in [2.75, 3.05) is 7.05 Å². The lowest BCUT2D eigenvalue weighted by molar-refractivity contribution is -0.130. The molecule has 2 rings (SSSR count). The van der Waals surface area contributed by atoms with E-state index in [2.05, 4.69) is 12.0 Å². The van der Waals surface area contributed by atoms with Gasteiger partial charge in [-0.25, -0.2) is 4.68 Å². The van der Waals surface area contributed by atoms with E-state index < -0.39 is 0 Å². The fourth-order valence-electron chi connectivity index (χ4n) is 2.45. The molecule has 0 fully saturated rings. The van der Waals surface area contributed by atoms with Crippen LogP contribution in [0.3, 0.4) is 0 Å². The molecule has 0 radical (unpaired) electrons. The zero-order valence-corrected chi connectivity index (χ0v) is 13.3. The molecule has 0 saturated heterocycles. The smallest absolute Gasteiger partial charge is 0.222 e. The zero-order valence-electron chi connectivity index (χ0n) is 13.3. The van der Waals surface area contributed by atoms with Gasteiger partial charge in [-0.2, -0.15) is 5.10 Å². The second-order valence-corrected chi connectivity index (χ2v) is 5.40. The minimum atomic E-state index is 0.184. The van der Waals surface area contributed by atoms with Gasteiger partial charge in [0.25, 0.3) is 0 Å². The van der Waals surface area contributed by atoms with Gasteiger partial charge in [0.15, 0.2) is 0 Å². The van der Waals surface area contributed by atoms with E-state index in [0.717, 1.165) is 29.1 Å². The molecule has 0 aliphatic heterocycles. The first-order valence-corrected chi connectivity index (χ1v) is 7.39. The van der Waals surface area contributed by atoms with Gasteiger partial charge in [0, 0.05) is 31.3 Å². The maximum Gasteiger partial charge on any atom is 0.222 e. The molecule has 1 amide bonds. The first-order valence-electron chi connectivity index (χ1n) is 7.39. The van der Waals surface area contributed by atoms with E-state index in [1.165, 1.54) is 0 Å². The van der Waals surface area contributed by atoms with Crippen molar-refractivity contribution in [3.05, 3.63) is 47.3 Å². The summed E-state index contributed by atoms with van der Waals surface area (Å²) in [5, 5.41) is 4.62. The van der Waals surface area contributed by atoms with Crippen molar-refractivity contribution < 1.29 is 4.79 Å². The quantitative estimate of drug-likeness (QED) is 0.845. The maximum absolute atomic E-state index is 11.9. The Bertz CT molecular complexity index is 616. The Morgan fingerprint density at radius 1 is 1.24 bits per heavy atom. The fourth-order valence-corrected chi connectivity index (χ4v) is 2.45. The fraction of sp³-hybridized carbons (Fsp3) is 0.412. The molecule has 0 atom stereocenters. The largest absolute Gasteiger partial charge is 0.341 e. The zero-order chi connectivity index (χ0) is 15.4. The number of nitrogens with zero attached hydrogens (tertiary/aromatic N) is 3. The van der Waals surface area contributed by atoms with E-state index in [9.17, 15) is 4.79 Å². The molecule has 1 aromatic carbocycles. The Labute approximate surface area is 126 Å². The van der Waals surface area contributed by atoms with E-state index in [1.54, 1.807) is 4.90 Å². The third kappa shape index (κ3) is 3.32. The number of benzene rings is 1. The Hall–Kier alpha value is -2.10. The Morgan fingerprint density at radius 2 is 1.90 bits per heavy atom. The number of amides is 1. The Kier molecular flexibility index (Phi) is 4.78. The van der Waals surface area contributed by atoms with Gasteiger partial charge >= 0.3 is 0 Å². The van der Waals surface area contributed by atoms with Crippen molar-refractivity contribution in [2.24, 2.45) is 0 Å². The van der Waals surface area contributed by atoms with Gasteiger partial charge in [-0.1, -0.05) is 25.1 Å². The normalized spacial score (nSPS) is 10.7. The molecule has 0 aliphatic carbocycles. The van der Waals surface area contributed by atoms with Gasteiger partial charge in [-0.3, -0.25) is 4.79 Å². The van der Waals surface area contributed by atoms with Crippen molar-refractivity contribution in [3.8, 4) is 5.69 Å². The van der Waals surface area contributed by atoms with E-state index in [1.807, 2.05) is 55.9 Å². The minimum Gasteiger partial charge on any atom is -0.341 e. The summed E-state index contributed by atoms with van der Waals surface area (Å²) >= 11 is 0. The van der Waals surface area contributed by atoms with Crippen molar-refractivity contribution in [3.63, 3.8) is 0 Å². The highest BCUT2D eigenvalue weighted by Gasteiger charge is 2.16. The number of aromatic nitrogens is 2. The van der Waals surface area contributed by atoms with E-state index in [-0.39, 0.29) is 5.91 Å². The first kappa shape index (κ1) is 15.3. The third-order valence-corrected chi connectivity index (χ3v) is 3.73. The number of carbonyl (C=O) groups excluding carboxylic acids is 1. The van der Waals surface area contributed by atoms with Crippen LogP contribution in [0.2, 0.25) is 0 Å². The number of para-hydroxylation sites is 1. The molecule has 0 spiro atoms. The monoisotopic (exact) mass is 285 g/mol. The van der Waals surface area contributed by atoms with Crippen molar-refractivity contribution >= 4 is 5.91 Å². The molecule has 4 nitrogen and oxygen atoms in total. The highest BCUT2D eigenvalue weighted by molar-refractivity contribution is 5.75. The number of carbonyl (C=O) groups is 1. The second-order valence-electron chi connectivity index (χ2n) is 5.40. The molecule has 2 aromatic rings. The Balaban J connectivity index is 2.26. The van der Waals surface area contributed by atoms with E-state index in [4.69, 9.17) is 0 Å². The lowest BCUT2D eigenvalue weighted by atomic mass is 10.1. The minimum absolute atomic E-state index is 0.184. The lowest BCUT2D eigenvalue weighted by Gasteiger charge is -2.17. The van der Waals surface area contributed by atoms with E-state index in [0.29, 0.717) is 13.0 Å². The highest BCUT2D eigenvalue weighted by atomic mass is 16.2. The summed E-state index contributed by atoms with van der Waals surface area (Å²) in [4.78, 5) is 13.7. The summed E-state index contributed by atoms with van der Waals surface area (Å²) in [6, 6.07) is 10.1. The molecule has 0 aliphatic rings. The summed E-state index contributed by atoms with van der Waals surface area (Å²) < 4.78 is 1.95. The summed E-state index contributed by atoms with van der Waals surface area (Å²) in [7, 11) is 1.86. The maximum atomic E-state index is 11.9. The first-order chi connectivity index (χ1) is 10.0. The molecule has 1 aromatic heterocycles. The number of aryl methyl sites for hydroxylation is 1. The summed E-state index contributed by atoms with van der Waals surface area (Å²) in [6.07, 6.45) is 1.48. The molecule has 0 N–H and O–H groups in total. The SMILES string of the molecule is CCCC(=O)N(C)Cc1c(C)nn(-c2ccccc2)c1C. The van der Waals surface area contributed by atoms with E-state index >= 15 is 0 Å². The molecule has 1 heterocycles. The van der Waals surface area contributed by atoms with Crippen LogP contribution in [0.25, 0.3) is 5.69 Å². The van der Waals surface area contributed by atoms with Crippen LogP contribution in [0.4, 0.5) is 0 Å². The standard InChI is InChI=1S/C17H23N3O/c1-5-9-17(21)19(4)12-16-13(2)18-20(14(16)3)15-10-7-6-8-11-15/h6-8,10-11H,5,9,12H2,1-4H3. The summed E-state index contributed by atoms with van der Waals surface area (Å²) in [5.74, 6) is 0.184. The molecule has 0 unspecified atom stereocenters. The molecule has 0 saturated carbocycles. The number of rotatable bonds is 5. The Morgan fingerprint density at radius 3 is 2.52 bits per heavy atom. The number of hydrogen-bond donors (Lipinski definition) is 0. The van der Waals surface area contributed by atoms with Crippen LogP contribution in [0, 0.1) is 13.8 Å². The number of hydrogen-bond acceptors (Lipinski definition) is 2.